The van der Waals surface area contributed by atoms with E-state index in [1.807, 2.05) is 12.1 Å². The number of hydrogen-bond acceptors (Lipinski definition) is 1. The van der Waals surface area contributed by atoms with Crippen LogP contribution in [-0.4, -0.2) is 0 Å². The molecule has 0 fully saturated rings. The summed E-state index contributed by atoms with van der Waals surface area (Å²) in [5.74, 6) is 0.681. The maximum Gasteiger partial charge on any atom is 0.0415 e. The van der Waals surface area contributed by atoms with E-state index in [-0.39, 0.29) is 12.4 Å². The molecular formula is C17H21Cl2N. The lowest BCUT2D eigenvalue weighted by atomic mass is 9.98. The molecule has 0 radical (unpaired) electrons. The van der Waals surface area contributed by atoms with E-state index in [1.165, 1.54) is 11.1 Å². The molecule has 3 heteroatoms. The molecule has 1 nitrogen and oxygen atoms in total. The molecule has 20 heavy (non-hydrogen) atoms. The summed E-state index contributed by atoms with van der Waals surface area (Å²) in [6, 6.07) is 14.7. The predicted molar refractivity (Wildman–Crippen MR) is 90.6 cm³/mol. The summed E-state index contributed by atoms with van der Waals surface area (Å²) in [6.07, 6.45) is 1.11. The average Bonchev–Trinajstić information content (AvgIpc) is 2.38. The van der Waals surface area contributed by atoms with E-state index >= 15 is 0 Å². The van der Waals surface area contributed by atoms with Crippen molar-refractivity contribution >= 4 is 24.0 Å². The second-order valence-electron chi connectivity index (χ2n) is 5.35. The van der Waals surface area contributed by atoms with E-state index in [4.69, 9.17) is 17.3 Å². The maximum absolute atomic E-state index is 6.12. The summed E-state index contributed by atoms with van der Waals surface area (Å²) in [7, 11) is 0. The van der Waals surface area contributed by atoms with Crippen molar-refractivity contribution in [3.63, 3.8) is 0 Å². The van der Waals surface area contributed by atoms with Gasteiger partial charge in [-0.1, -0.05) is 49.7 Å². The smallest absolute Gasteiger partial charge is 0.0415 e. The molecule has 0 heterocycles. The zero-order valence-corrected chi connectivity index (χ0v) is 13.5. The van der Waals surface area contributed by atoms with Gasteiger partial charge in [-0.15, -0.1) is 12.4 Å². The lowest BCUT2D eigenvalue weighted by Gasteiger charge is -2.08. The monoisotopic (exact) mass is 309 g/mol. The first-order valence-electron chi connectivity index (χ1n) is 6.67. The van der Waals surface area contributed by atoms with Crippen molar-refractivity contribution < 1.29 is 0 Å². The van der Waals surface area contributed by atoms with Gasteiger partial charge in [-0.05, 0) is 52.8 Å². The Kier molecular flexibility index (Phi) is 6.54. The second-order valence-corrected chi connectivity index (χ2v) is 5.78. The summed E-state index contributed by atoms with van der Waals surface area (Å²) in [4.78, 5) is 0. The molecule has 2 N–H and O–H groups in total. The van der Waals surface area contributed by atoms with Gasteiger partial charge in [-0.25, -0.2) is 0 Å². The number of halogens is 2. The van der Waals surface area contributed by atoms with Crippen LogP contribution in [0.4, 0.5) is 0 Å². The molecule has 0 unspecified atom stereocenters. The summed E-state index contributed by atoms with van der Waals surface area (Å²) in [6.45, 7) is 4.98. The first-order valence-corrected chi connectivity index (χ1v) is 7.05. The third-order valence-corrected chi connectivity index (χ3v) is 3.34. The molecule has 0 saturated heterocycles. The average molecular weight is 310 g/mol. The lowest BCUT2D eigenvalue weighted by Crippen LogP contribution is -1.96. The summed E-state index contributed by atoms with van der Waals surface area (Å²) in [5.41, 5.74) is 10.4. The molecule has 0 amide bonds. The number of benzene rings is 2. The minimum Gasteiger partial charge on any atom is -0.326 e. The van der Waals surface area contributed by atoms with Crippen LogP contribution < -0.4 is 5.73 Å². The van der Waals surface area contributed by atoms with Crippen molar-refractivity contribution in [2.24, 2.45) is 11.7 Å². The van der Waals surface area contributed by atoms with Gasteiger partial charge in [-0.3, -0.25) is 0 Å². The molecule has 0 aliphatic carbocycles. The van der Waals surface area contributed by atoms with Crippen LogP contribution in [0.2, 0.25) is 5.02 Å². The lowest BCUT2D eigenvalue weighted by molar-refractivity contribution is 0.647. The molecule has 2 rings (SSSR count). The molecule has 0 aromatic heterocycles. The van der Waals surface area contributed by atoms with Crippen LogP contribution in [0, 0.1) is 5.92 Å². The van der Waals surface area contributed by atoms with Crippen LogP contribution in [0.5, 0.6) is 0 Å². The molecule has 108 valence electrons. The fourth-order valence-electron chi connectivity index (χ4n) is 2.24. The topological polar surface area (TPSA) is 26.0 Å². The minimum atomic E-state index is 0. The zero-order valence-electron chi connectivity index (χ0n) is 11.9. The third-order valence-electron chi connectivity index (χ3n) is 3.12. The number of rotatable bonds is 4. The molecule has 0 spiro atoms. The quantitative estimate of drug-likeness (QED) is 0.836. The standard InChI is InChI=1S/C17H20ClN.ClH/c1-12(2)7-13-3-5-15(6-4-13)16-8-14(11-19)9-17(18)10-16;/h3-6,8-10,12H,7,11,19H2,1-2H3;1H. The Morgan fingerprint density at radius 2 is 1.60 bits per heavy atom. The highest BCUT2D eigenvalue weighted by Crippen LogP contribution is 2.25. The molecular weight excluding hydrogens is 289 g/mol. The van der Waals surface area contributed by atoms with Crippen molar-refractivity contribution in [2.75, 3.05) is 0 Å². The van der Waals surface area contributed by atoms with Crippen LogP contribution in [0.15, 0.2) is 42.5 Å². The Bertz CT molecular complexity index is 547. The van der Waals surface area contributed by atoms with Gasteiger partial charge in [0.2, 0.25) is 0 Å². The Morgan fingerprint density at radius 1 is 0.950 bits per heavy atom. The van der Waals surface area contributed by atoms with E-state index < -0.39 is 0 Å². The van der Waals surface area contributed by atoms with Crippen LogP contribution in [-0.2, 0) is 13.0 Å². The van der Waals surface area contributed by atoms with Gasteiger partial charge in [0.25, 0.3) is 0 Å². The summed E-state index contributed by atoms with van der Waals surface area (Å²) in [5, 5.41) is 0.740. The Hall–Kier alpha value is -1.02. The number of hydrogen-bond donors (Lipinski definition) is 1. The SMILES string of the molecule is CC(C)Cc1ccc(-c2cc(Cl)cc(CN)c2)cc1.Cl. The molecule has 0 bridgehead atoms. The third kappa shape index (κ3) is 4.52. The van der Waals surface area contributed by atoms with Crippen molar-refractivity contribution in [3.05, 3.63) is 58.6 Å². The molecule has 2 aromatic rings. The first-order chi connectivity index (χ1) is 9.08. The van der Waals surface area contributed by atoms with Crippen LogP contribution in [0.1, 0.15) is 25.0 Å². The Morgan fingerprint density at radius 3 is 2.15 bits per heavy atom. The van der Waals surface area contributed by atoms with E-state index in [1.54, 1.807) is 0 Å². The highest BCUT2D eigenvalue weighted by molar-refractivity contribution is 6.31. The van der Waals surface area contributed by atoms with Crippen molar-refractivity contribution in [3.8, 4) is 11.1 Å². The highest BCUT2D eigenvalue weighted by Gasteiger charge is 2.03. The summed E-state index contributed by atoms with van der Waals surface area (Å²) < 4.78 is 0. The summed E-state index contributed by atoms with van der Waals surface area (Å²) >= 11 is 6.12. The van der Waals surface area contributed by atoms with Crippen LogP contribution in [0.25, 0.3) is 11.1 Å². The zero-order chi connectivity index (χ0) is 13.8. The maximum atomic E-state index is 6.12. The first kappa shape index (κ1) is 17.0. The predicted octanol–water partition coefficient (Wildman–Crippen LogP) is 5.09. The van der Waals surface area contributed by atoms with Gasteiger partial charge in [0.15, 0.2) is 0 Å². The second kappa shape index (κ2) is 7.68. The van der Waals surface area contributed by atoms with E-state index in [0.717, 1.165) is 22.6 Å². The van der Waals surface area contributed by atoms with E-state index in [9.17, 15) is 0 Å². The highest BCUT2D eigenvalue weighted by atomic mass is 35.5. The van der Waals surface area contributed by atoms with E-state index in [2.05, 4.69) is 44.2 Å². The van der Waals surface area contributed by atoms with Gasteiger partial charge in [0.05, 0.1) is 0 Å². The van der Waals surface area contributed by atoms with Gasteiger partial charge in [0.1, 0.15) is 0 Å². The number of nitrogens with two attached hydrogens (primary N) is 1. The van der Waals surface area contributed by atoms with Gasteiger partial charge < -0.3 is 5.73 Å². The van der Waals surface area contributed by atoms with Gasteiger partial charge in [-0.2, -0.15) is 0 Å². The normalized spacial score (nSPS) is 10.4. The minimum absolute atomic E-state index is 0. The largest absolute Gasteiger partial charge is 0.326 e. The van der Waals surface area contributed by atoms with E-state index in [0.29, 0.717) is 12.5 Å². The molecule has 0 aliphatic heterocycles. The van der Waals surface area contributed by atoms with Crippen LogP contribution >= 0.6 is 24.0 Å². The Balaban J connectivity index is 0.00000200. The van der Waals surface area contributed by atoms with Crippen molar-refractivity contribution in [2.45, 2.75) is 26.8 Å². The van der Waals surface area contributed by atoms with Gasteiger partial charge >= 0.3 is 0 Å². The fourth-order valence-corrected chi connectivity index (χ4v) is 2.50. The molecule has 0 saturated carbocycles. The fraction of sp³-hybridized carbons (Fsp3) is 0.294. The molecule has 0 atom stereocenters. The molecule has 2 aromatic carbocycles. The molecule has 0 aliphatic rings. The van der Waals surface area contributed by atoms with Gasteiger partial charge in [0, 0.05) is 11.6 Å². The van der Waals surface area contributed by atoms with Crippen LogP contribution in [0.3, 0.4) is 0 Å². The van der Waals surface area contributed by atoms with Crippen molar-refractivity contribution in [1.29, 1.82) is 0 Å². The van der Waals surface area contributed by atoms with Crippen molar-refractivity contribution in [1.82, 2.24) is 0 Å². The Labute approximate surface area is 132 Å².